The van der Waals surface area contributed by atoms with Gasteiger partial charge in [-0.1, -0.05) is 15.9 Å². The van der Waals surface area contributed by atoms with Crippen LogP contribution in [0.5, 0.6) is 0 Å². The third-order valence-electron chi connectivity index (χ3n) is 3.38. The Bertz CT molecular complexity index is 490. The van der Waals surface area contributed by atoms with Crippen molar-refractivity contribution >= 4 is 27.3 Å². The predicted octanol–water partition coefficient (Wildman–Crippen LogP) is 2.92. The molecule has 104 valence electrons. The van der Waals surface area contributed by atoms with Crippen LogP contribution in [-0.4, -0.2) is 44.2 Å². The van der Waals surface area contributed by atoms with Crippen LogP contribution in [0.3, 0.4) is 0 Å². The fraction of sp³-hybridized carbons (Fsp3) is 0.500. The van der Waals surface area contributed by atoms with Crippen LogP contribution in [-0.2, 0) is 4.74 Å². The van der Waals surface area contributed by atoms with Gasteiger partial charge in [-0.25, -0.2) is 0 Å². The number of hydrazone groups is 1. The third-order valence-corrected chi connectivity index (χ3v) is 3.87. The van der Waals surface area contributed by atoms with Crippen LogP contribution in [0.1, 0.15) is 19.4 Å². The lowest BCUT2D eigenvalue weighted by Crippen LogP contribution is -2.33. The molecule has 0 radical (unpaired) electrons. The van der Waals surface area contributed by atoms with Gasteiger partial charge in [0.25, 0.3) is 0 Å². The van der Waals surface area contributed by atoms with Crippen molar-refractivity contribution in [3.05, 3.63) is 28.2 Å². The first kappa shape index (κ1) is 14.3. The highest BCUT2D eigenvalue weighted by Crippen LogP contribution is 2.26. The molecule has 0 amide bonds. The summed E-state index contributed by atoms with van der Waals surface area (Å²) in [7, 11) is 4.02. The van der Waals surface area contributed by atoms with Gasteiger partial charge >= 0.3 is 0 Å². The van der Waals surface area contributed by atoms with E-state index in [-0.39, 0.29) is 6.23 Å². The van der Waals surface area contributed by atoms with Crippen molar-refractivity contribution in [3.8, 4) is 0 Å². The van der Waals surface area contributed by atoms with Crippen LogP contribution >= 0.6 is 15.9 Å². The lowest BCUT2D eigenvalue weighted by Gasteiger charge is -2.29. The lowest BCUT2D eigenvalue weighted by molar-refractivity contribution is -0.0305. The maximum atomic E-state index is 5.76. The molecular weight excluding hydrogens is 306 g/mol. The Morgan fingerprint density at radius 2 is 2.11 bits per heavy atom. The Morgan fingerprint density at radius 3 is 2.84 bits per heavy atom. The van der Waals surface area contributed by atoms with Gasteiger partial charge in [0.2, 0.25) is 0 Å². The van der Waals surface area contributed by atoms with Crippen molar-refractivity contribution in [1.82, 2.24) is 5.01 Å². The number of fused-ring (bicyclic) bond motifs is 1. The van der Waals surface area contributed by atoms with E-state index in [1.807, 2.05) is 25.9 Å². The summed E-state index contributed by atoms with van der Waals surface area (Å²) in [5.74, 6) is 0. The smallest absolute Gasteiger partial charge is 0.142 e. The summed E-state index contributed by atoms with van der Waals surface area (Å²) >= 11 is 3.53. The van der Waals surface area contributed by atoms with E-state index in [1.165, 1.54) is 5.69 Å². The molecule has 1 aliphatic rings. The molecule has 0 aromatic heterocycles. The van der Waals surface area contributed by atoms with E-state index < -0.39 is 0 Å². The average molecular weight is 326 g/mol. The first-order chi connectivity index (χ1) is 8.99. The number of benzene rings is 1. The molecule has 5 heteroatoms. The number of hydrogen-bond donors (Lipinski definition) is 0. The van der Waals surface area contributed by atoms with Crippen LogP contribution in [0.25, 0.3) is 0 Å². The van der Waals surface area contributed by atoms with Gasteiger partial charge in [0.05, 0.1) is 12.3 Å². The Balaban J connectivity index is 2.48. The summed E-state index contributed by atoms with van der Waals surface area (Å²) in [4.78, 5) is 2.21. The van der Waals surface area contributed by atoms with Gasteiger partial charge in [-0.05, 0) is 32.0 Å². The fourth-order valence-electron chi connectivity index (χ4n) is 2.09. The molecule has 0 bridgehead atoms. The van der Waals surface area contributed by atoms with Gasteiger partial charge in [-0.3, -0.25) is 5.01 Å². The third kappa shape index (κ3) is 3.28. The molecule has 0 N–H and O–H groups in total. The lowest BCUT2D eigenvalue weighted by atomic mass is 10.1. The Kier molecular flexibility index (Phi) is 4.47. The first-order valence-corrected chi connectivity index (χ1v) is 7.19. The SMILES string of the molecule is C/C1=N\N(C)C(C)OCCN(C)c2cc(Br)ccc21. The van der Waals surface area contributed by atoms with Crippen molar-refractivity contribution in [2.24, 2.45) is 5.10 Å². The van der Waals surface area contributed by atoms with E-state index in [2.05, 4.69) is 51.2 Å². The molecule has 1 unspecified atom stereocenters. The average Bonchev–Trinajstić information content (AvgIpc) is 2.37. The maximum absolute atomic E-state index is 5.76. The van der Waals surface area contributed by atoms with Crippen LogP contribution < -0.4 is 4.90 Å². The number of anilines is 1. The second-order valence-corrected chi connectivity index (χ2v) is 5.73. The highest BCUT2D eigenvalue weighted by Gasteiger charge is 2.15. The zero-order chi connectivity index (χ0) is 14.0. The van der Waals surface area contributed by atoms with Crippen molar-refractivity contribution in [2.45, 2.75) is 20.1 Å². The van der Waals surface area contributed by atoms with E-state index in [0.29, 0.717) is 6.61 Å². The molecular formula is C14H20BrN3O. The molecule has 4 nitrogen and oxygen atoms in total. The molecule has 0 fully saturated rings. The molecule has 0 saturated carbocycles. The molecule has 2 rings (SSSR count). The topological polar surface area (TPSA) is 28.1 Å². The molecule has 0 saturated heterocycles. The van der Waals surface area contributed by atoms with E-state index in [9.17, 15) is 0 Å². The molecule has 0 aliphatic carbocycles. The highest BCUT2D eigenvalue weighted by molar-refractivity contribution is 9.10. The van der Waals surface area contributed by atoms with Gasteiger partial charge in [0.15, 0.2) is 0 Å². The highest BCUT2D eigenvalue weighted by atomic mass is 79.9. The Morgan fingerprint density at radius 1 is 1.37 bits per heavy atom. The van der Waals surface area contributed by atoms with E-state index in [4.69, 9.17) is 4.74 Å². The van der Waals surface area contributed by atoms with Crippen molar-refractivity contribution in [3.63, 3.8) is 0 Å². The van der Waals surface area contributed by atoms with Crippen LogP contribution in [0.15, 0.2) is 27.8 Å². The summed E-state index contributed by atoms with van der Waals surface area (Å²) in [6, 6.07) is 6.28. The van der Waals surface area contributed by atoms with Crippen molar-refractivity contribution in [1.29, 1.82) is 0 Å². The standard InChI is InChI=1S/C14H20BrN3O/c1-10-13-6-5-12(15)9-14(13)17(3)7-8-19-11(2)18(4)16-10/h5-6,9,11H,7-8H2,1-4H3/b16-10+. The number of likely N-dealkylation sites (N-methyl/N-ethyl adjacent to an activating group) is 1. The normalized spacial score (nSPS) is 23.6. The van der Waals surface area contributed by atoms with Gasteiger partial charge in [-0.15, -0.1) is 0 Å². The second kappa shape index (κ2) is 5.92. The quantitative estimate of drug-likeness (QED) is 0.734. The zero-order valence-electron chi connectivity index (χ0n) is 11.9. The summed E-state index contributed by atoms with van der Waals surface area (Å²) in [6.07, 6.45) is -0.0136. The largest absolute Gasteiger partial charge is 0.372 e. The number of ether oxygens (including phenoxy) is 1. The van der Waals surface area contributed by atoms with E-state index in [0.717, 1.165) is 22.3 Å². The summed E-state index contributed by atoms with van der Waals surface area (Å²) in [6.45, 7) is 5.59. The number of halogens is 1. The Labute approximate surface area is 123 Å². The molecule has 1 atom stereocenters. The van der Waals surface area contributed by atoms with Gasteiger partial charge in [-0.2, -0.15) is 5.10 Å². The van der Waals surface area contributed by atoms with Gasteiger partial charge < -0.3 is 9.64 Å². The molecule has 1 aromatic carbocycles. The van der Waals surface area contributed by atoms with Gasteiger partial charge in [0.1, 0.15) is 6.23 Å². The molecule has 1 aromatic rings. The maximum Gasteiger partial charge on any atom is 0.142 e. The number of nitrogens with zero attached hydrogens (tertiary/aromatic N) is 3. The summed E-state index contributed by atoms with van der Waals surface area (Å²) in [5, 5.41) is 6.48. The second-order valence-electron chi connectivity index (χ2n) is 4.81. The summed E-state index contributed by atoms with van der Waals surface area (Å²) < 4.78 is 6.83. The zero-order valence-corrected chi connectivity index (χ0v) is 13.4. The molecule has 1 heterocycles. The molecule has 19 heavy (non-hydrogen) atoms. The van der Waals surface area contributed by atoms with E-state index in [1.54, 1.807) is 0 Å². The first-order valence-electron chi connectivity index (χ1n) is 6.39. The predicted molar refractivity (Wildman–Crippen MR) is 82.8 cm³/mol. The minimum atomic E-state index is -0.0136. The fourth-order valence-corrected chi connectivity index (χ4v) is 2.44. The minimum Gasteiger partial charge on any atom is -0.372 e. The Hall–Kier alpha value is -1.07. The summed E-state index contributed by atoms with van der Waals surface area (Å²) in [5.41, 5.74) is 3.32. The number of rotatable bonds is 0. The van der Waals surface area contributed by atoms with Crippen molar-refractivity contribution in [2.75, 3.05) is 32.1 Å². The molecule has 0 spiro atoms. The number of hydrogen-bond acceptors (Lipinski definition) is 4. The minimum absolute atomic E-state index is 0.0136. The monoisotopic (exact) mass is 325 g/mol. The van der Waals surface area contributed by atoms with E-state index >= 15 is 0 Å². The van der Waals surface area contributed by atoms with Gasteiger partial charge in [0, 0.05) is 36.4 Å². The van der Waals surface area contributed by atoms with Crippen LogP contribution in [0, 0.1) is 0 Å². The molecule has 1 aliphatic heterocycles. The van der Waals surface area contributed by atoms with Crippen LogP contribution in [0.4, 0.5) is 5.69 Å². The van der Waals surface area contributed by atoms with Crippen molar-refractivity contribution < 1.29 is 4.74 Å². The van der Waals surface area contributed by atoms with Crippen LogP contribution in [0.2, 0.25) is 0 Å².